The summed E-state index contributed by atoms with van der Waals surface area (Å²) in [6, 6.07) is 1.68. The Morgan fingerprint density at radius 3 is 2.81 bits per heavy atom. The van der Waals surface area contributed by atoms with Gasteiger partial charge in [0.2, 0.25) is 0 Å². The van der Waals surface area contributed by atoms with Crippen molar-refractivity contribution < 1.29 is 18.3 Å². The maximum atomic E-state index is 12.2. The van der Waals surface area contributed by atoms with Gasteiger partial charge >= 0.3 is 0 Å². The van der Waals surface area contributed by atoms with Gasteiger partial charge in [-0.05, 0) is 24.3 Å². The molecule has 7 heteroatoms. The number of amides is 1. The number of sulfone groups is 1. The molecule has 5 nitrogen and oxygen atoms in total. The third kappa shape index (κ3) is 4.56. The molecule has 0 saturated carbocycles. The highest BCUT2D eigenvalue weighted by molar-refractivity contribution is 7.91. The van der Waals surface area contributed by atoms with Crippen LogP contribution in [0.1, 0.15) is 34.5 Å². The number of nitrogens with one attached hydrogen (secondary N) is 1. The zero-order valence-electron chi connectivity index (χ0n) is 11.5. The second kappa shape index (κ2) is 7.07. The number of hydrogen-bond acceptors (Lipinski definition) is 5. The van der Waals surface area contributed by atoms with E-state index in [1.165, 1.54) is 11.3 Å². The quantitative estimate of drug-likeness (QED) is 0.804. The Kier molecular flexibility index (Phi) is 5.39. The molecular formula is C14H17NO4S2. The number of carbonyl (C=O) groups excluding carboxylic acids is 1. The van der Waals surface area contributed by atoms with Crippen LogP contribution in [0.4, 0.5) is 0 Å². The monoisotopic (exact) mass is 327 g/mol. The fourth-order valence-corrected chi connectivity index (χ4v) is 4.33. The minimum Gasteiger partial charge on any atom is -0.395 e. The fraction of sp³-hybridized carbons (Fsp3) is 0.500. The maximum Gasteiger partial charge on any atom is 0.262 e. The maximum absolute atomic E-state index is 12.2. The molecule has 0 aromatic carbocycles. The summed E-state index contributed by atoms with van der Waals surface area (Å²) in [4.78, 5) is 12.8. The fourth-order valence-electron chi connectivity index (χ4n) is 2.08. The molecule has 114 valence electrons. The molecule has 1 aliphatic heterocycles. The number of carbonyl (C=O) groups is 1. The van der Waals surface area contributed by atoms with Crippen molar-refractivity contribution in [3.8, 4) is 11.8 Å². The average molecular weight is 327 g/mol. The van der Waals surface area contributed by atoms with Gasteiger partial charge in [-0.2, -0.15) is 0 Å². The smallest absolute Gasteiger partial charge is 0.262 e. The van der Waals surface area contributed by atoms with Crippen LogP contribution in [-0.2, 0) is 9.84 Å². The van der Waals surface area contributed by atoms with Crippen LogP contribution in [0.5, 0.6) is 0 Å². The zero-order chi connectivity index (χ0) is 15.3. The molecule has 1 aromatic heterocycles. The van der Waals surface area contributed by atoms with E-state index in [4.69, 9.17) is 5.11 Å². The van der Waals surface area contributed by atoms with Crippen molar-refractivity contribution in [3.05, 3.63) is 21.9 Å². The number of aliphatic hydroxyl groups excluding tert-OH is 1. The van der Waals surface area contributed by atoms with Crippen LogP contribution >= 0.6 is 11.3 Å². The zero-order valence-corrected chi connectivity index (χ0v) is 13.1. The Morgan fingerprint density at radius 1 is 1.43 bits per heavy atom. The van der Waals surface area contributed by atoms with Gasteiger partial charge in [-0.15, -0.1) is 11.3 Å². The molecule has 0 atom stereocenters. The molecule has 21 heavy (non-hydrogen) atoms. The second-order valence-corrected chi connectivity index (χ2v) is 8.06. The van der Waals surface area contributed by atoms with E-state index in [1.54, 1.807) is 11.4 Å². The first-order valence-electron chi connectivity index (χ1n) is 6.70. The molecule has 1 aromatic rings. The van der Waals surface area contributed by atoms with E-state index in [0.29, 0.717) is 29.7 Å². The van der Waals surface area contributed by atoms with E-state index in [9.17, 15) is 13.2 Å². The topological polar surface area (TPSA) is 83.5 Å². The van der Waals surface area contributed by atoms with Crippen molar-refractivity contribution in [1.82, 2.24) is 5.32 Å². The summed E-state index contributed by atoms with van der Waals surface area (Å²) in [6.07, 6.45) is 1.30. The Balaban J connectivity index is 1.99. The highest BCUT2D eigenvalue weighted by Crippen LogP contribution is 2.18. The van der Waals surface area contributed by atoms with E-state index in [-0.39, 0.29) is 30.1 Å². The molecule has 0 bridgehead atoms. The molecule has 1 amide bonds. The van der Waals surface area contributed by atoms with Crippen molar-refractivity contribution in [1.29, 1.82) is 0 Å². The Bertz CT molecular complexity index is 653. The van der Waals surface area contributed by atoms with Gasteiger partial charge in [0.05, 0.1) is 18.1 Å². The molecule has 0 unspecified atom stereocenters. The van der Waals surface area contributed by atoms with Crippen molar-refractivity contribution >= 4 is 27.1 Å². The van der Waals surface area contributed by atoms with Crippen molar-refractivity contribution in [2.75, 3.05) is 18.1 Å². The van der Waals surface area contributed by atoms with Crippen molar-refractivity contribution in [2.45, 2.75) is 25.3 Å². The molecule has 0 aliphatic carbocycles. The van der Waals surface area contributed by atoms with Gasteiger partial charge < -0.3 is 10.4 Å². The van der Waals surface area contributed by atoms with Gasteiger partial charge in [-0.25, -0.2) is 8.42 Å². The van der Waals surface area contributed by atoms with E-state index in [0.717, 1.165) is 0 Å². The predicted octanol–water partition coefficient (Wildman–Crippen LogP) is 0.789. The summed E-state index contributed by atoms with van der Waals surface area (Å²) in [6.45, 7) is -0.00475. The van der Waals surface area contributed by atoms with Crippen LogP contribution in [0.2, 0.25) is 0 Å². The van der Waals surface area contributed by atoms with Gasteiger partial charge in [0.25, 0.3) is 5.91 Å². The highest BCUT2D eigenvalue weighted by Gasteiger charge is 2.25. The lowest BCUT2D eigenvalue weighted by molar-refractivity contribution is 0.0938. The van der Waals surface area contributed by atoms with Gasteiger partial charge in [0.1, 0.15) is 14.7 Å². The lowest BCUT2D eigenvalue weighted by Crippen LogP contribution is -2.40. The Hall–Kier alpha value is -1.36. The second-order valence-electron chi connectivity index (χ2n) is 4.84. The van der Waals surface area contributed by atoms with Crippen molar-refractivity contribution in [3.63, 3.8) is 0 Å². The summed E-state index contributed by atoms with van der Waals surface area (Å²) in [7, 11) is -2.92. The van der Waals surface area contributed by atoms with Crippen LogP contribution < -0.4 is 5.32 Å². The summed E-state index contributed by atoms with van der Waals surface area (Å²) in [5.74, 6) is 5.72. The number of thiophene rings is 1. The molecular weight excluding hydrogens is 310 g/mol. The number of rotatable bonds is 3. The van der Waals surface area contributed by atoms with Gasteiger partial charge in [0.15, 0.2) is 0 Å². The van der Waals surface area contributed by atoms with Crippen LogP contribution in [-0.4, -0.2) is 43.6 Å². The Labute approximate surface area is 128 Å². The molecule has 0 radical (unpaired) electrons. The minimum absolute atomic E-state index is 0.00475. The third-order valence-electron chi connectivity index (χ3n) is 3.22. The molecule has 0 spiro atoms. The Morgan fingerprint density at radius 2 is 2.14 bits per heavy atom. The molecule has 2 heterocycles. The standard InChI is InChI=1S/C14H17NO4S2/c16-7-2-1-3-11-4-8-20-13(11)14(17)15-12-5-9-21(18,19)10-6-12/h4,8,12,16H,2,5-7,9-10H2,(H,15,17). The molecule has 2 N–H and O–H groups in total. The molecule has 2 rings (SSSR count). The van der Waals surface area contributed by atoms with Gasteiger partial charge in [-0.3, -0.25) is 4.79 Å². The first kappa shape index (κ1) is 16.0. The first-order chi connectivity index (χ1) is 10.0. The van der Waals surface area contributed by atoms with Crippen molar-refractivity contribution in [2.24, 2.45) is 0 Å². The van der Waals surface area contributed by atoms with Crippen LogP contribution in [0.3, 0.4) is 0 Å². The average Bonchev–Trinajstić information content (AvgIpc) is 2.90. The van der Waals surface area contributed by atoms with Crippen LogP contribution in [0.25, 0.3) is 0 Å². The number of aliphatic hydroxyl groups is 1. The minimum atomic E-state index is -2.92. The van der Waals surface area contributed by atoms with Gasteiger partial charge in [-0.1, -0.05) is 11.8 Å². The lowest BCUT2D eigenvalue weighted by Gasteiger charge is -2.22. The number of hydrogen-bond donors (Lipinski definition) is 2. The summed E-state index contributed by atoms with van der Waals surface area (Å²) in [5, 5.41) is 13.4. The normalized spacial score (nSPS) is 17.8. The molecule has 1 saturated heterocycles. The van der Waals surface area contributed by atoms with Crippen LogP contribution in [0, 0.1) is 11.8 Å². The molecule has 1 fully saturated rings. The lowest BCUT2D eigenvalue weighted by atomic mass is 10.1. The van der Waals surface area contributed by atoms with E-state index >= 15 is 0 Å². The molecule has 1 aliphatic rings. The van der Waals surface area contributed by atoms with E-state index in [2.05, 4.69) is 17.2 Å². The SMILES string of the molecule is O=C(NC1CCS(=O)(=O)CC1)c1sccc1C#CCCO. The van der Waals surface area contributed by atoms with Crippen LogP contribution in [0.15, 0.2) is 11.4 Å². The summed E-state index contributed by atoms with van der Waals surface area (Å²) < 4.78 is 22.7. The van der Waals surface area contributed by atoms with Gasteiger partial charge in [0, 0.05) is 18.0 Å². The largest absolute Gasteiger partial charge is 0.395 e. The highest BCUT2D eigenvalue weighted by atomic mass is 32.2. The van der Waals surface area contributed by atoms with E-state index < -0.39 is 9.84 Å². The predicted molar refractivity (Wildman–Crippen MR) is 82.0 cm³/mol. The first-order valence-corrected chi connectivity index (χ1v) is 9.40. The summed E-state index contributed by atoms with van der Waals surface area (Å²) in [5.41, 5.74) is 0.648. The summed E-state index contributed by atoms with van der Waals surface area (Å²) >= 11 is 1.31. The third-order valence-corrected chi connectivity index (χ3v) is 5.85. The van der Waals surface area contributed by atoms with E-state index in [1.807, 2.05) is 0 Å².